The molecule has 0 aromatic rings. The van der Waals surface area contributed by atoms with Crippen molar-refractivity contribution < 1.29 is 19.8 Å². The number of nitrogens with zero attached hydrogens (tertiary/aromatic N) is 1. The van der Waals surface area contributed by atoms with Gasteiger partial charge in [-0.25, -0.2) is 4.79 Å². The maximum Gasteiger partial charge on any atom is 0.326 e. The number of carbonyl (C=O) groups excluding carboxylic acids is 1. The number of halogens is 1. The van der Waals surface area contributed by atoms with E-state index >= 15 is 0 Å². The maximum atomic E-state index is 11.1. The van der Waals surface area contributed by atoms with Crippen molar-refractivity contribution >= 4 is 23.5 Å². The fraction of sp³-hybridized carbons (Fsp3) is 0.714. The van der Waals surface area contributed by atoms with Crippen LogP contribution >= 0.6 is 11.6 Å². The number of likely N-dealkylation sites (tertiary alicyclic amines) is 1. The highest BCUT2D eigenvalue weighted by atomic mass is 35.5. The maximum absolute atomic E-state index is 11.1. The molecule has 5 nitrogen and oxygen atoms in total. The van der Waals surface area contributed by atoms with Crippen LogP contribution in [0.1, 0.15) is 6.42 Å². The number of hydrogen-bond donors (Lipinski definition) is 2. The highest BCUT2D eigenvalue weighted by Gasteiger charge is 2.38. The monoisotopic (exact) mass is 207 g/mol. The molecule has 2 N–H and O–H groups in total. The quantitative estimate of drug-likeness (QED) is 0.586. The van der Waals surface area contributed by atoms with Crippen LogP contribution in [0, 0.1) is 0 Å². The molecule has 1 amide bonds. The highest BCUT2D eigenvalue weighted by molar-refractivity contribution is 6.27. The van der Waals surface area contributed by atoms with Crippen LogP contribution in [0.15, 0.2) is 0 Å². The third-order valence-electron chi connectivity index (χ3n) is 2.00. The molecule has 1 aliphatic heterocycles. The Labute approximate surface area is 79.9 Å². The molecule has 0 aliphatic carbocycles. The van der Waals surface area contributed by atoms with Gasteiger partial charge in [-0.3, -0.25) is 4.79 Å². The summed E-state index contributed by atoms with van der Waals surface area (Å²) in [5.41, 5.74) is 0. The lowest BCUT2D eigenvalue weighted by Crippen LogP contribution is -2.41. The van der Waals surface area contributed by atoms with Crippen LogP contribution in [0.5, 0.6) is 0 Å². The number of carbonyl (C=O) groups is 2. The Balaban J connectivity index is 2.71. The molecule has 1 rings (SSSR count). The Morgan fingerprint density at radius 1 is 1.54 bits per heavy atom. The molecule has 0 aromatic heterocycles. The van der Waals surface area contributed by atoms with Gasteiger partial charge in [0.25, 0.3) is 0 Å². The second-order valence-electron chi connectivity index (χ2n) is 2.92. The molecule has 1 heterocycles. The van der Waals surface area contributed by atoms with Crippen molar-refractivity contribution in [2.24, 2.45) is 0 Å². The van der Waals surface area contributed by atoms with Crippen LogP contribution in [-0.4, -0.2) is 51.6 Å². The second-order valence-corrected chi connectivity index (χ2v) is 3.19. The second kappa shape index (κ2) is 3.93. The molecule has 2 atom stereocenters. The summed E-state index contributed by atoms with van der Waals surface area (Å²) in [6.07, 6.45) is -0.675. The number of β-amino-alcohol motifs (C(OH)–C–C–N with tert-alkyl or cyclic N) is 1. The largest absolute Gasteiger partial charge is 0.480 e. The molecule has 0 radical (unpaired) electrons. The van der Waals surface area contributed by atoms with Gasteiger partial charge in [-0.2, -0.15) is 0 Å². The summed E-state index contributed by atoms with van der Waals surface area (Å²) in [6.45, 7) is 0.0581. The van der Waals surface area contributed by atoms with Gasteiger partial charge in [-0.15, -0.1) is 11.6 Å². The lowest BCUT2D eigenvalue weighted by molar-refractivity contribution is -0.147. The van der Waals surface area contributed by atoms with Crippen LogP contribution in [0.3, 0.4) is 0 Å². The first kappa shape index (κ1) is 10.3. The van der Waals surface area contributed by atoms with E-state index in [-0.39, 0.29) is 18.8 Å². The summed E-state index contributed by atoms with van der Waals surface area (Å²) in [4.78, 5) is 22.8. The van der Waals surface area contributed by atoms with Crippen molar-refractivity contribution in [3.63, 3.8) is 0 Å². The fourth-order valence-electron chi connectivity index (χ4n) is 1.40. The lowest BCUT2D eigenvalue weighted by Gasteiger charge is -2.19. The molecule has 1 fully saturated rings. The van der Waals surface area contributed by atoms with Gasteiger partial charge >= 0.3 is 5.97 Å². The minimum atomic E-state index is -1.10. The van der Waals surface area contributed by atoms with Crippen molar-refractivity contribution in [1.29, 1.82) is 0 Å². The van der Waals surface area contributed by atoms with Crippen molar-refractivity contribution in [2.75, 3.05) is 12.4 Å². The van der Waals surface area contributed by atoms with E-state index in [1.165, 1.54) is 0 Å². The number of aliphatic carboxylic acids is 1. The average Bonchev–Trinajstić information content (AvgIpc) is 2.46. The molecular weight excluding hydrogens is 198 g/mol. The van der Waals surface area contributed by atoms with Gasteiger partial charge in [0.15, 0.2) is 0 Å². The summed E-state index contributed by atoms with van der Waals surface area (Å²) in [7, 11) is 0. The number of aliphatic hydroxyl groups excluding tert-OH is 1. The van der Waals surface area contributed by atoms with Gasteiger partial charge in [0.05, 0.1) is 6.10 Å². The number of carboxylic acid groups (broad SMARTS) is 1. The zero-order valence-electron chi connectivity index (χ0n) is 6.81. The van der Waals surface area contributed by atoms with Crippen molar-refractivity contribution in [1.82, 2.24) is 4.90 Å². The molecular formula is C7H10ClNO4. The number of carboxylic acids is 1. The number of amides is 1. The van der Waals surface area contributed by atoms with Crippen LogP contribution in [-0.2, 0) is 9.59 Å². The van der Waals surface area contributed by atoms with E-state index in [4.69, 9.17) is 21.8 Å². The molecule has 13 heavy (non-hydrogen) atoms. The summed E-state index contributed by atoms with van der Waals surface area (Å²) < 4.78 is 0. The Hall–Kier alpha value is -0.810. The Kier molecular flexibility index (Phi) is 3.11. The van der Waals surface area contributed by atoms with Crippen molar-refractivity contribution in [3.8, 4) is 0 Å². The molecule has 74 valence electrons. The number of alkyl halides is 1. The summed E-state index contributed by atoms with van der Waals surface area (Å²) in [5.74, 6) is -1.81. The molecule has 0 saturated carbocycles. The molecule has 0 aromatic carbocycles. The predicted molar refractivity (Wildman–Crippen MR) is 44.5 cm³/mol. The van der Waals surface area contributed by atoms with Crippen molar-refractivity contribution in [3.05, 3.63) is 0 Å². The van der Waals surface area contributed by atoms with E-state index in [1.807, 2.05) is 0 Å². The molecule has 0 unspecified atom stereocenters. The first-order chi connectivity index (χ1) is 6.06. The van der Waals surface area contributed by atoms with Crippen molar-refractivity contribution in [2.45, 2.75) is 18.6 Å². The van der Waals surface area contributed by atoms with Gasteiger partial charge in [0.1, 0.15) is 11.9 Å². The molecule has 0 spiro atoms. The Morgan fingerprint density at radius 2 is 2.15 bits per heavy atom. The minimum Gasteiger partial charge on any atom is -0.480 e. The third kappa shape index (κ3) is 2.10. The topological polar surface area (TPSA) is 77.8 Å². The average molecular weight is 208 g/mol. The number of rotatable bonds is 2. The van der Waals surface area contributed by atoms with Crippen LogP contribution in [0.4, 0.5) is 0 Å². The SMILES string of the molecule is O=C(O)[C@H]1C[C@@H](O)CN1C(=O)CCl. The van der Waals surface area contributed by atoms with Gasteiger partial charge < -0.3 is 15.1 Å². The van der Waals surface area contributed by atoms with E-state index in [9.17, 15) is 9.59 Å². The van der Waals surface area contributed by atoms with Crippen LogP contribution in [0.2, 0.25) is 0 Å². The normalized spacial score (nSPS) is 27.7. The van der Waals surface area contributed by atoms with Gasteiger partial charge in [-0.05, 0) is 0 Å². The van der Waals surface area contributed by atoms with E-state index in [0.717, 1.165) is 4.90 Å². The van der Waals surface area contributed by atoms with E-state index in [0.29, 0.717) is 0 Å². The molecule has 0 bridgehead atoms. The van der Waals surface area contributed by atoms with Gasteiger partial charge in [0, 0.05) is 13.0 Å². The lowest BCUT2D eigenvalue weighted by atomic mass is 10.2. The first-order valence-corrected chi connectivity index (χ1v) is 4.36. The molecule has 1 aliphatic rings. The summed E-state index contributed by atoms with van der Waals surface area (Å²) >= 11 is 5.28. The zero-order chi connectivity index (χ0) is 10.0. The summed E-state index contributed by atoms with van der Waals surface area (Å²) in [5, 5.41) is 17.9. The Bertz CT molecular complexity index is 233. The smallest absolute Gasteiger partial charge is 0.326 e. The van der Waals surface area contributed by atoms with E-state index in [2.05, 4.69) is 0 Å². The fourth-order valence-corrected chi connectivity index (χ4v) is 1.55. The highest BCUT2D eigenvalue weighted by Crippen LogP contribution is 2.18. The van der Waals surface area contributed by atoms with E-state index in [1.54, 1.807) is 0 Å². The standard InChI is InChI=1S/C7H10ClNO4/c8-2-6(11)9-3-4(10)1-5(9)7(12)13/h4-5,10H,1-3H2,(H,12,13)/t4-,5-/m1/s1. The zero-order valence-corrected chi connectivity index (χ0v) is 7.57. The summed E-state index contributed by atoms with van der Waals surface area (Å²) in [6, 6.07) is -0.929. The molecule has 1 saturated heterocycles. The Morgan fingerprint density at radius 3 is 2.62 bits per heavy atom. The number of aliphatic hydroxyl groups is 1. The minimum absolute atomic E-state index is 0.0581. The van der Waals surface area contributed by atoms with Gasteiger partial charge in [-0.1, -0.05) is 0 Å². The molecule has 6 heteroatoms. The first-order valence-electron chi connectivity index (χ1n) is 3.82. The third-order valence-corrected chi connectivity index (χ3v) is 2.23. The van der Waals surface area contributed by atoms with Crippen LogP contribution < -0.4 is 0 Å². The predicted octanol–water partition coefficient (Wildman–Crippen LogP) is -0.728. The van der Waals surface area contributed by atoms with Crippen LogP contribution in [0.25, 0.3) is 0 Å². The van der Waals surface area contributed by atoms with E-state index < -0.39 is 24.0 Å². The number of hydrogen-bond acceptors (Lipinski definition) is 3. The van der Waals surface area contributed by atoms with Gasteiger partial charge in [0.2, 0.25) is 5.91 Å².